The highest BCUT2D eigenvalue weighted by Gasteiger charge is 2.16. The number of rotatable bonds is 10. The molecule has 0 unspecified atom stereocenters. The Hall–Kier alpha value is -2.36. The molecule has 0 atom stereocenters. The topological polar surface area (TPSA) is 102 Å². The van der Waals surface area contributed by atoms with Gasteiger partial charge in [0.1, 0.15) is 0 Å². The third-order valence-corrected chi connectivity index (χ3v) is 6.53. The molecule has 0 spiro atoms. The molecule has 2 rings (SSSR count). The first-order valence-corrected chi connectivity index (χ1v) is 11.9. The smallest absolute Gasteiger partial charge is 0.338 e. The van der Waals surface area contributed by atoms with E-state index >= 15 is 0 Å². The number of aryl methyl sites for hydroxylation is 1. The summed E-state index contributed by atoms with van der Waals surface area (Å²) < 4.78 is 31.6. The molecule has 0 radical (unpaired) electrons. The number of esters is 1. The monoisotopic (exact) mass is 450 g/mol. The van der Waals surface area contributed by atoms with Crippen LogP contribution in [0.2, 0.25) is 0 Å². The molecule has 7 nitrogen and oxygen atoms in total. The molecular formula is C21H26N2O5S2. The highest BCUT2D eigenvalue weighted by Crippen LogP contribution is 2.17. The fourth-order valence-electron chi connectivity index (χ4n) is 2.41. The average molecular weight is 451 g/mol. The molecule has 162 valence electrons. The molecule has 2 aromatic rings. The first-order valence-electron chi connectivity index (χ1n) is 9.43. The number of hydrogen-bond donors (Lipinski definition) is 2. The quantitative estimate of drug-likeness (QED) is 0.328. The summed E-state index contributed by atoms with van der Waals surface area (Å²) in [4.78, 5) is 25.1. The Labute approximate surface area is 181 Å². The van der Waals surface area contributed by atoms with Crippen molar-refractivity contribution in [3.63, 3.8) is 0 Å². The molecular weight excluding hydrogens is 424 g/mol. The molecule has 9 heteroatoms. The van der Waals surface area contributed by atoms with Crippen molar-refractivity contribution in [1.29, 1.82) is 0 Å². The van der Waals surface area contributed by atoms with Crippen LogP contribution in [0, 0.1) is 6.92 Å². The van der Waals surface area contributed by atoms with E-state index in [0.29, 0.717) is 12.3 Å². The predicted octanol–water partition coefficient (Wildman–Crippen LogP) is 2.75. The van der Waals surface area contributed by atoms with Gasteiger partial charge in [-0.15, -0.1) is 11.8 Å². The van der Waals surface area contributed by atoms with Gasteiger partial charge in [0, 0.05) is 23.2 Å². The van der Waals surface area contributed by atoms with Crippen molar-refractivity contribution in [2.45, 2.75) is 36.6 Å². The van der Waals surface area contributed by atoms with Gasteiger partial charge in [0.2, 0.25) is 10.0 Å². The van der Waals surface area contributed by atoms with Crippen LogP contribution in [0.25, 0.3) is 0 Å². The summed E-state index contributed by atoms with van der Waals surface area (Å²) in [7, 11) is -3.63. The van der Waals surface area contributed by atoms with Crippen LogP contribution in [-0.2, 0) is 19.6 Å². The molecule has 0 heterocycles. The van der Waals surface area contributed by atoms with Gasteiger partial charge in [-0.2, -0.15) is 0 Å². The molecule has 0 saturated carbocycles. The third kappa shape index (κ3) is 7.81. The number of nitrogens with one attached hydrogen (secondary N) is 2. The van der Waals surface area contributed by atoms with Gasteiger partial charge in [-0.05, 0) is 57.2 Å². The predicted molar refractivity (Wildman–Crippen MR) is 117 cm³/mol. The van der Waals surface area contributed by atoms with Crippen molar-refractivity contribution in [2.24, 2.45) is 0 Å². The lowest BCUT2D eigenvalue weighted by Gasteiger charge is -2.10. The minimum atomic E-state index is -3.63. The van der Waals surface area contributed by atoms with E-state index in [1.165, 1.54) is 29.8 Å². The fraction of sp³-hybridized carbons (Fsp3) is 0.333. The van der Waals surface area contributed by atoms with Gasteiger partial charge in [-0.3, -0.25) is 4.79 Å². The number of amides is 1. The second-order valence-corrected chi connectivity index (χ2v) is 9.77. The molecule has 0 bridgehead atoms. The van der Waals surface area contributed by atoms with E-state index in [1.54, 1.807) is 25.6 Å². The van der Waals surface area contributed by atoms with Crippen LogP contribution in [-0.4, -0.2) is 45.2 Å². The van der Waals surface area contributed by atoms with Crippen LogP contribution in [0.3, 0.4) is 0 Å². The van der Waals surface area contributed by atoms with E-state index in [-0.39, 0.29) is 16.5 Å². The number of carbonyl (C=O) groups is 2. The van der Waals surface area contributed by atoms with E-state index < -0.39 is 28.5 Å². The molecule has 2 aromatic carbocycles. The van der Waals surface area contributed by atoms with E-state index in [0.717, 1.165) is 4.90 Å². The Kier molecular flexibility index (Phi) is 8.88. The van der Waals surface area contributed by atoms with Crippen LogP contribution >= 0.6 is 11.8 Å². The third-order valence-electron chi connectivity index (χ3n) is 3.84. The van der Waals surface area contributed by atoms with Crippen LogP contribution in [0.1, 0.15) is 29.8 Å². The minimum absolute atomic E-state index is 0.0524. The summed E-state index contributed by atoms with van der Waals surface area (Å²) in [6, 6.07) is 13.2. The molecule has 0 saturated heterocycles. The maximum Gasteiger partial charge on any atom is 0.338 e. The Balaban J connectivity index is 1.74. The summed E-state index contributed by atoms with van der Waals surface area (Å²) in [5.41, 5.74) is 1.36. The lowest BCUT2D eigenvalue weighted by atomic mass is 10.2. The highest BCUT2D eigenvalue weighted by atomic mass is 32.2. The van der Waals surface area contributed by atoms with Gasteiger partial charge < -0.3 is 10.1 Å². The van der Waals surface area contributed by atoms with Crippen molar-refractivity contribution in [2.75, 3.05) is 18.9 Å². The second kappa shape index (κ2) is 11.1. The first-order chi connectivity index (χ1) is 14.2. The van der Waals surface area contributed by atoms with Crippen molar-refractivity contribution < 1.29 is 22.7 Å². The van der Waals surface area contributed by atoms with Gasteiger partial charge in [0.15, 0.2) is 6.61 Å². The number of hydrogen-bond acceptors (Lipinski definition) is 6. The number of thioether (sulfide) groups is 1. The lowest BCUT2D eigenvalue weighted by Crippen LogP contribution is -2.30. The van der Waals surface area contributed by atoms with Crippen LogP contribution < -0.4 is 10.0 Å². The second-order valence-electron chi connectivity index (χ2n) is 6.89. The molecule has 0 aromatic heterocycles. The summed E-state index contributed by atoms with van der Waals surface area (Å²) in [6.07, 6.45) is 0. The fourth-order valence-corrected chi connectivity index (χ4v) is 4.43. The average Bonchev–Trinajstić information content (AvgIpc) is 2.70. The maximum absolute atomic E-state index is 12.1. The van der Waals surface area contributed by atoms with Crippen molar-refractivity contribution in [3.8, 4) is 0 Å². The normalized spacial score (nSPS) is 11.3. The number of ether oxygens (including phenoxy) is 1. The van der Waals surface area contributed by atoms with E-state index in [1.807, 2.05) is 31.2 Å². The van der Waals surface area contributed by atoms with Gasteiger partial charge in [0.05, 0.1) is 10.5 Å². The highest BCUT2D eigenvalue weighted by molar-refractivity contribution is 7.99. The number of sulfonamides is 1. The van der Waals surface area contributed by atoms with Gasteiger partial charge >= 0.3 is 5.97 Å². The van der Waals surface area contributed by atoms with Gasteiger partial charge in [0.25, 0.3) is 5.91 Å². The molecule has 2 N–H and O–H groups in total. The first kappa shape index (κ1) is 23.9. The minimum Gasteiger partial charge on any atom is -0.452 e. The zero-order valence-electron chi connectivity index (χ0n) is 17.2. The van der Waals surface area contributed by atoms with Crippen LogP contribution in [0.5, 0.6) is 0 Å². The number of benzene rings is 2. The van der Waals surface area contributed by atoms with Crippen LogP contribution in [0.4, 0.5) is 0 Å². The van der Waals surface area contributed by atoms with Crippen molar-refractivity contribution in [3.05, 3.63) is 59.7 Å². The molecule has 1 amide bonds. The summed E-state index contributed by atoms with van der Waals surface area (Å²) in [6.45, 7) is 5.51. The SMILES string of the molecule is Cc1ccc(SCCNC(=O)COC(=O)c2ccc(S(=O)(=O)NC(C)C)cc2)cc1. The molecule has 0 fully saturated rings. The lowest BCUT2D eigenvalue weighted by molar-refractivity contribution is -0.124. The van der Waals surface area contributed by atoms with Crippen LogP contribution in [0.15, 0.2) is 58.3 Å². The molecule has 0 aliphatic rings. The number of carbonyl (C=O) groups excluding carboxylic acids is 2. The van der Waals surface area contributed by atoms with E-state index in [9.17, 15) is 18.0 Å². The van der Waals surface area contributed by atoms with Crippen molar-refractivity contribution >= 4 is 33.7 Å². The van der Waals surface area contributed by atoms with Gasteiger partial charge in [-0.1, -0.05) is 17.7 Å². The zero-order valence-corrected chi connectivity index (χ0v) is 18.8. The Morgan fingerprint density at radius 1 is 1.03 bits per heavy atom. The molecule has 30 heavy (non-hydrogen) atoms. The summed E-state index contributed by atoms with van der Waals surface area (Å²) in [5.74, 6) is -0.392. The summed E-state index contributed by atoms with van der Waals surface area (Å²) in [5, 5.41) is 2.69. The molecule has 0 aliphatic heterocycles. The largest absolute Gasteiger partial charge is 0.452 e. The zero-order chi connectivity index (χ0) is 22.1. The Morgan fingerprint density at radius 3 is 2.27 bits per heavy atom. The Bertz CT molecular complexity index is 956. The Morgan fingerprint density at radius 2 is 1.67 bits per heavy atom. The van der Waals surface area contributed by atoms with Gasteiger partial charge in [-0.25, -0.2) is 17.9 Å². The standard InChI is InChI=1S/C21H26N2O5S2/c1-15(2)23-30(26,27)19-10-6-17(7-11-19)21(25)28-14-20(24)22-12-13-29-18-8-4-16(3)5-9-18/h4-11,15,23H,12-14H2,1-3H3,(H,22,24). The maximum atomic E-state index is 12.1. The summed E-state index contributed by atoms with van der Waals surface area (Å²) >= 11 is 1.62. The molecule has 0 aliphatic carbocycles. The van der Waals surface area contributed by atoms with Crippen molar-refractivity contribution in [1.82, 2.24) is 10.0 Å². The van der Waals surface area contributed by atoms with E-state index in [2.05, 4.69) is 10.0 Å². The van der Waals surface area contributed by atoms with E-state index in [4.69, 9.17) is 4.74 Å².